The molecule has 1 aromatic heterocycles. The van der Waals surface area contributed by atoms with Gasteiger partial charge < -0.3 is 14.5 Å². The smallest absolute Gasteiger partial charge is 0.423 e. The molecule has 21 heavy (non-hydrogen) atoms. The molecule has 2 rings (SSSR count). The van der Waals surface area contributed by atoms with Crippen LogP contribution >= 0.6 is 0 Å². The van der Waals surface area contributed by atoms with Crippen molar-refractivity contribution in [3.8, 4) is 0 Å². The Kier molecular flexibility index (Phi) is 4.52. The van der Waals surface area contributed by atoms with Crippen LogP contribution in [-0.2, 0) is 17.9 Å². The van der Waals surface area contributed by atoms with Gasteiger partial charge in [0.15, 0.2) is 0 Å². The Morgan fingerprint density at radius 2 is 1.81 bits per heavy atom. The van der Waals surface area contributed by atoms with E-state index in [1.807, 2.05) is 0 Å². The van der Waals surface area contributed by atoms with E-state index >= 15 is 0 Å². The van der Waals surface area contributed by atoms with Gasteiger partial charge in [-0.05, 0) is 18.9 Å². The predicted molar refractivity (Wildman–Crippen MR) is 59.3 cm³/mol. The summed E-state index contributed by atoms with van der Waals surface area (Å²) < 4.78 is 83.0. The van der Waals surface area contributed by atoms with E-state index in [9.17, 15) is 26.3 Å². The predicted octanol–water partition coefficient (Wildman–Crippen LogP) is 3.54. The van der Waals surface area contributed by atoms with E-state index in [1.54, 1.807) is 0 Å². The minimum atomic E-state index is -5.51. The molecule has 1 N–H and O–H groups in total. The summed E-state index contributed by atoms with van der Waals surface area (Å²) in [5.41, 5.74) is 0.168. The average molecular weight is 317 g/mol. The van der Waals surface area contributed by atoms with Gasteiger partial charge in [-0.3, -0.25) is 0 Å². The van der Waals surface area contributed by atoms with E-state index < -0.39 is 25.1 Å². The maximum Gasteiger partial charge on any atom is 0.423 e. The maximum atomic E-state index is 12.3. The van der Waals surface area contributed by atoms with Crippen molar-refractivity contribution in [2.75, 3.05) is 0 Å². The van der Waals surface area contributed by atoms with Crippen molar-refractivity contribution in [1.82, 2.24) is 5.32 Å². The fraction of sp³-hybridized carbons (Fsp3) is 0.667. The van der Waals surface area contributed by atoms with E-state index in [2.05, 4.69) is 10.1 Å². The first kappa shape index (κ1) is 16.2. The highest BCUT2D eigenvalue weighted by atomic mass is 19.4. The highest BCUT2D eigenvalue weighted by Gasteiger charge is 2.58. The summed E-state index contributed by atoms with van der Waals surface area (Å²) in [5.74, 6) is 0.282. The van der Waals surface area contributed by atoms with Crippen molar-refractivity contribution in [1.29, 1.82) is 0 Å². The summed E-state index contributed by atoms with van der Waals surface area (Å²) in [6.07, 6.45) is -11.6. The number of halogens is 6. The van der Waals surface area contributed by atoms with Crippen molar-refractivity contribution in [2.24, 2.45) is 0 Å². The van der Waals surface area contributed by atoms with E-state index in [4.69, 9.17) is 4.42 Å². The van der Waals surface area contributed by atoms with Gasteiger partial charge in [0.25, 0.3) is 0 Å². The molecule has 0 aromatic carbocycles. The first-order valence-electron chi connectivity index (χ1n) is 6.21. The third kappa shape index (κ3) is 4.63. The molecule has 120 valence electrons. The summed E-state index contributed by atoms with van der Waals surface area (Å²) in [6, 6.07) is 1.63. The van der Waals surface area contributed by atoms with Crippen LogP contribution in [0.5, 0.6) is 0 Å². The number of hydrogen-bond acceptors (Lipinski definition) is 3. The zero-order valence-corrected chi connectivity index (χ0v) is 10.7. The molecular weight excluding hydrogens is 304 g/mol. The fourth-order valence-electron chi connectivity index (χ4n) is 1.72. The van der Waals surface area contributed by atoms with Gasteiger partial charge in [-0.15, -0.1) is 0 Å². The molecule has 0 atom stereocenters. The van der Waals surface area contributed by atoms with Crippen molar-refractivity contribution in [2.45, 2.75) is 50.5 Å². The normalized spacial score (nSPS) is 16.7. The first-order valence-corrected chi connectivity index (χ1v) is 6.21. The van der Waals surface area contributed by atoms with E-state index in [0.29, 0.717) is 6.04 Å². The molecule has 1 saturated carbocycles. The van der Waals surface area contributed by atoms with Crippen LogP contribution in [0.1, 0.15) is 24.2 Å². The van der Waals surface area contributed by atoms with Gasteiger partial charge in [-0.2, -0.15) is 26.3 Å². The van der Waals surface area contributed by atoms with Crippen molar-refractivity contribution in [3.05, 3.63) is 23.7 Å². The Morgan fingerprint density at radius 3 is 2.33 bits per heavy atom. The minimum Gasteiger partial charge on any atom is -0.468 e. The summed E-state index contributed by atoms with van der Waals surface area (Å²) >= 11 is 0. The summed E-state index contributed by atoms with van der Waals surface area (Å²) in [4.78, 5) is 0. The second-order valence-electron chi connectivity index (χ2n) is 4.80. The number of furan rings is 1. The van der Waals surface area contributed by atoms with Crippen molar-refractivity contribution < 1.29 is 35.5 Å². The van der Waals surface area contributed by atoms with E-state index in [0.717, 1.165) is 12.8 Å². The summed E-state index contributed by atoms with van der Waals surface area (Å²) in [6.45, 7) is -0.569. The number of hydrogen-bond donors (Lipinski definition) is 1. The zero-order chi connectivity index (χ0) is 15.7. The van der Waals surface area contributed by atoms with Crippen molar-refractivity contribution >= 4 is 0 Å². The van der Waals surface area contributed by atoms with Gasteiger partial charge >= 0.3 is 12.4 Å². The molecule has 1 aromatic rings. The van der Waals surface area contributed by atoms with Crippen LogP contribution in [0.4, 0.5) is 26.3 Å². The number of rotatable bonds is 6. The molecule has 9 heteroatoms. The molecule has 0 saturated heterocycles. The topological polar surface area (TPSA) is 34.4 Å². The molecule has 0 unspecified atom stereocenters. The molecular formula is C12H13F6NO2. The molecule has 1 aliphatic carbocycles. The van der Waals surface area contributed by atoms with Crippen LogP contribution in [-0.4, -0.2) is 24.5 Å². The van der Waals surface area contributed by atoms with Crippen LogP contribution in [0.25, 0.3) is 0 Å². The first-order chi connectivity index (χ1) is 9.68. The van der Waals surface area contributed by atoms with Gasteiger partial charge in [-0.1, -0.05) is 0 Å². The standard InChI is InChI=1S/C12H13F6NO2/c13-11(14,15)10(12(16,17)18)21-6-7-3-4-20-9(7)5-19-8-1-2-8/h3-4,8,10,19H,1-2,5-6H2. The minimum absolute atomic E-state index is 0.168. The van der Waals surface area contributed by atoms with E-state index in [-0.39, 0.29) is 17.9 Å². The Labute approximate surface area is 116 Å². The number of alkyl halides is 6. The third-order valence-corrected chi connectivity index (χ3v) is 2.97. The summed E-state index contributed by atoms with van der Waals surface area (Å²) in [7, 11) is 0. The Bertz CT molecular complexity index is 449. The van der Waals surface area contributed by atoms with Gasteiger partial charge in [0.05, 0.1) is 19.4 Å². The SMILES string of the molecule is FC(F)(F)C(OCc1ccoc1CNC1CC1)C(F)(F)F. The Hall–Kier alpha value is -1.22. The third-order valence-electron chi connectivity index (χ3n) is 2.97. The number of nitrogens with one attached hydrogen (secondary N) is 1. The van der Waals surface area contributed by atoms with Gasteiger partial charge in [0.1, 0.15) is 5.76 Å². The van der Waals surface area contributed by atoms with Crippen LogP contribution in [0.3, 0.4) is 0 Å². The molecule has 0 aliphatic heterocycles. The van der Waals surface area contributed by atoms with Crippen LogP contribution in [0, 0.1) is 0 Å². The lowest BCUT2D eigenvalue weighted by Crippen LogP contribution is -2.44. The van der Waals surface area contributed by atoms with Gasteiger partial charge in [0.2, 0.25) is 6.10 Å². The molecule has 0 amide bonds. The van der Waals surface area contributed by atoms with Crippen LogP contribution in [0.15, 0.2) is 16.7 Å². The lowest BCUT2D eigenvalue weighted by Gasteiger charge is -2.23. The maximum absolute atomic E-state index is 12.3. The Balaban J connectivity index is 1.95. The molecule has 1 aliphatic rings. The second kappa shape index (κ2) is 5.88. The largest absolute Gasteiger partial charge is 0.468 e. The monoisotopic (exact) mass is 317 g/mol. The fourth-order valence-corrected chi connectivity index (χ4v) is 1.72. The highest BCUT2D eigenvalue weighted by Crippen LogP contribution is 2.36. The van der Waals surface area contributed by atoms with Crippen molar-refractivity contribution in [3.63, 3.8) is 0 Å². The molecule has 0 bridgehead atoms. The lowest BCUT2D eigenvalue weighted by atomic mass is 10.2. The molecule has 0 radical (unpaired) electrons. The van der Waals surface area contributed by atoms with Gasteiger partial charge in [-0.25, -0.2) is 0 Å². The lowest BCUT2D eigenvalue weighted by molar-refractivity contribution is -0.324. The summed E-state index contributed by atoms with van der Waals surface area (Å²) in [5, 5.41) is 3.05. The molecule has 1 heterocycles. The average Bonchev–Trinajstić information content (AvgIpc) is 3.04. The number of ether oxygens (including phenoxy) is 1. The van der Waals surface area contributed by atoms with Gasteiger partial charge in [0, 0.05) is 11.6 Å². The highest BCUT2D eigenvalue weighted by molar-refractivity contribution is 5.16. The van der Waals surface area contributed by atoms with Crippen LogP contribution < -0.4 is 5.32 Å². The molecule has 3 nitrogen and oxygen atoms in total. The van der Waals surface area contributed by atoms with E-state index in [1.165, 1.54) is 12.3 Å². The van der Waals surface area contributed by atoms with Crippen LogP contribution in [0.2, 0.25) is 0 Å². The molecule has 0 spiro atoms. The Morgan fingerprint density at radius 1 is 1.19 bits per heavy atom. The second-order valence-corrected chi connectivity index (χ2v) is 4.80. The quantitative estimate of drug-likeness (QED) is 0.815. The zero-order valence-electron chi connectivity index (χ0n) is 10.7. The molecule has 1 fully saturated rings.